The predicted molar refractivity (Wildman–Crippen MR) is 20.8 cm³/mol. The van der Waals surface area contributed by atoms with E-state index in [1.807, 2.05) is 5.43 Å². The molecule has 3 heteroatoms. The highest BCUT2D eigenvalue weighted by molar-refractivity contribution is 4.53. The molecule has 0 bridgehead atoms. The molecule has 1 saturated heterocycles. The minimum atomic E-state index is -0.120. The quantitative estimate of drug-likeness (QED) is 0.286. The van der Waals surface area contributed by atoms with Crippen molar-refractivity contribution >= 4 is 0 Å². The van der Waals surface area contributed by atoms with E-state index in [4.69, 9.17) is 5.11 Å². The normalized spacial score (nSPS) is 34.5. The van der Waals surface area contributed by atoms with Gasteiger partial charge in [0.05, 0.1) is 6.54 Å². The van der Waals surface area contributed by atoms with E-state index >= 15 is 0 Å². The van der Waals surface area contributed by atoms with Crippen molar-refractivity contribution in [1.29, 1.82) is 0 Å². The largest absolute Gasteiger partial charge is 0.386 e. The maximum atomic E-state index is 8.64. The van der Waals surface area contributed by atoms with Crippen molar-refractivity contribution in [1.82, 2.24) is 5.43 Å². The molecule has 0 aromatic carbocycles. The van der Waals surface area contributed by atoms with Gasteiger partial charge in [0.15, 0.2) is 0 Å². The van der Waals surface area contributed by atoms with Crippen LogP contribution in [-0.2, 0) is 0 Å². The van der Waals surface area contributed by atoms with E-state index in [1.165, 1.54) is 0 Å². The maximum Gasteiger partial charge on any atom is 0.122 e. The summed E-state index contributed by atoms with van der Waals surface area (Å²) in [5.41, 5.74) is 4.78. The van der Waals surface area contributed by atoms with Crippen molar-refractivity contribution in [3.05, 3.63) is 0 Å². The highest BCUT2D eigenvalue weighted by Crippen LogP contribution is 1.72. The Morgan fingerprint density at radius 3 is 2.83 bits per heavy atom. The summed E-state index contributed by atoms with van der Waals surface area (Å²) in [5, 5.41) is 8.64. The molecule has 1 aliphatic heterocycles. The fraction of sp³-hybridized carbons (Fsp3) is 1.00. The molecule has 6 heavy (non-hydrogen) atoms. The lowest BCUT2D eigenvalue weighted by Crippen LogP contribution is -2.89. The zero-order chi connectivity index (χ0) is 4.41. The molecular formula is C3H9N2O+. The van der Waals surface area contributed by atoms with Crippen LogP contribution in [0.25, 0.3) is 0 Å². The lowest BCUT2D eigenvalue weighted by molar-refractivity contribution is -0.693. The molecule has 36 valence electrons. The Hall–Kier alpha value is -0.120. The van der Waals surface area contributed by atoms with Gasteiger partial charge in [0.2, 0.25) is 0 Å². The van der Waals surface area contributed by atoms with Crippen LogP contribution in [0.15, 0.2) is 0 Å². The monoisotopic (exact) mass is 89.1 g/mol. The van der Waals surface area contributed by atoms with Crippen molar-refractivity contribution in [3.63, 3.8) is 0 Å². The third-order valence-electron chi connectivity index (χ3n) is 0.888. The highest BCUT2D eigenvalue weighted by atomic mass is 16.3. The second-order valence-electron chi connectivity index (χ2n) is 1.50. The van der Waals surface area contributed by atoms with Crippen LogP contribution in [0.3, 0.4) is 0 Å². The first-order valence-electron chi connectivity index (χ1n) is 2.13. The maximum absolute atomic E-state index is 8.64. The summed E-state index contributed by atoms with van der Waals surface area (Å²) in [6.45, 7) is 1.54. The van der Waals surface area contributed by atoms with E-state index in [9.17, 15) is 0 Å². The zero-order valence-electron chi connectivity index (χ0n) is 3.52. The third-order valence-corrected chi connectivity index (χ3v) is 0.888. The number of quaternary nitrogens is 1. The van der Waals surface area contributed by atoms with Crippen LogP contribution in [0.2, 0.25) is 0 Å². The van der Waals surface area contributed by atoms with Gasteiger partial charge >= 0.3 is 0 Å². The molecule has 0 unspecified atom stereocenters. The fourth-order valence-electron chi connectivity index (χ4n) is 0.522. The molecule has 0 radical (unpaired) electrons. The van der Waals surface area contributed by atoms with Crippen LogP contribution < -0.4 is 10.9 Å². The van der Waals surface area contributed by atoms with Gasteiger partial charge in [0.25, 0.3) is 0 Å². The molecule has 0 spiro atoms. The molecule has 3 nitrogen and oxygen atoms in total. The van der Waals surface area contributed by atoms with Crippen molar-refractivity contribution < 1.29 is 10.5 Å². The van der Waals surface area contributed by atoms with Gasteiger partial charge in [-0.05, 0) is 0 Å². The molecule has 4 N–H and O–H groups in total. The Labute approximate surface area is 36.3 Å². The lowest BCUT2D eigenvalue weighted by atomic mass is 10.4. The second kappa shape index (κ2) is 1.55. The summed E-state index contributed by atoms with van der Waals surface area (Å²) in [6.07, 6.45) is -0.120. The molecule has 1 rings (SSSR count). The minimum absolute atomic E-state index is 0.120. The topological polar surface area (TPSA) is 48.9 Å². The predicted octanol–water partition coefficient (Wildman–Crippen LogP) is -2.57. The Kier molecular flexibility index (Phi) is 1.05. The first-order chi connectivity index (χ1) is 2.89. The number of nitrogens with one attached hydrogen (secondary N) is 1. The van der Waals surface area contributed by atoms with E-state index in [1.54, 1.807) is 0 Å². The number of hydrogen-bond donors (Lipinski definition) is 3. The van der Waals surface area contributed by atoms with Gasteiger partial charge in [-0.1, -0.05) is 0 Å². The average Bonchev–Trinajstić information content (AvgIpc) is 1.86. The summed E-state index contributed by atoms with van der Waals surface area (Å²) in [4.78, 5) is 0. The summed E-state index contributed by atoms with van der Waals surface area (Å²) in [6, 6.07) is 0. The first kappa shape index (κ1) is 4.05. The number of hydrogen-bond acceptors (Lipinski definition) is 2. The van der Waals surface area contributed by atoms with Crippen LogP contribution >= 0.6 is 0 Å². The van der Waals surface area contributed by atoms with Crippen LogP contribution in [0.4, 0.5) is 0 Å². The first-order valence-corrected chi connectivity index (χ1v) is 2.13. The van der Waals surface area contributed by atoms with E-state index < -0.39 is 0 Å². The van der Waals surface area contributed by atoms with Gasteiger partial charge in [-0.3, -0.25) is 5.43 Å². The number of rotatable bonds is 0. The van der Waals surface area contributed by atoms with Crippen LogP contribution in [0, 0.1) is 0 Å². The molecular weight excluding hydrogens is 80.0 g/mol. The third kappa shape index (κ3) is 0.680. The molecule has 0 aromatic heterocycles. The van der Waals surface area contributed by atoms with Crippen molar-refractivity contribution in [3.8, 4) is 0 Å². The minimum Gasteiger partial charge on any atom is -0.386 e. The number of aliphatic hydroxyl groups excluding tert-OH is 1. The van der Waals surface area contributed by atoms with Crippen molar-refractivity contribution in [2.45, 2.75) is 6.10 Å². The summed E-state index contributed by atoms with van der Waals surface area (Å²) < 4.78 is 0. The van der Waals surface area contributed by atoms with Gasteiger partial charge in [-0.15, -0.1) is 0 Å². The zero-order valence-corrected chi connectivity index (χ0v) is 3.52. The van der Waals surface area contributed by atoms with E-state index in [-0.39, 0.29) is 6.10 Å². The molecule has 1 atom stereocenters. The second-order valence-corrected chi connectivity index (χ2v) is 1.50. The van der Waals surface area contributed by atoms with Gasteiger partial charge in [-0.2, -0.15) is 5.43 Å². The van der Waals surface area contributed by atoms with E-state index in [0.717, 1.165) is 13.1 Å². The van der Waals surface area contributed by atoms with Crippen LogP contribution in [0.1, 0.15) is 0 Å². The fourth-order valence-corrected chi connectivity index (χ4v) is 0.522. The molecule has 0 amide bonds. The molecule has 1 heterocycles. The van der Waals surface area contributed by atoms with Crippen molar-refractivity contribution in [2.24, 2.45) is 0 Å². The summed E-state index contributed by atoms with van der Waals surface area (Å²) >= 11 is 0. The Morgan fingerprint density at radius 2 is 2.67 bits per heavy atom. The lowest BCUT2D eigenvalue weighted by Gasteiger charge is -1.84. The van der Waals surface area contributed by atoms with Gasteiger partial charge in [0.1, 0.15) is 12.6 Å². The average molecular weight is 89.1 g/mol. The summed E-state index contributed by atoms with van der Waals surface area (Å²) in [7, 11) is 0. The molecule has 1 fully saturated rings. The Bertz CT molecular complexity index is 42.1. The standard InChI is InChI=1S/C3H8N2O/c6-3-1-4-5-2-3/h3-6H,1-2H2/p+1. The number of nitrogens with two attached hydrogens (primary N) is 1. The van der Waals surface area contributed by atoms with Gasteiger partial charge < -0.3 is 5.11 Å². The Morgan fingerprint density at radius 1 is 1.83 bits per heavy atom. The molecule has 0 saturated carbocycles. The van der Waals surface area contributed by atoms with Crippen LogP contribution in [0.5, 0.6) is 0 Å². The molecule has 0 aliphatic carbocycles. The van der Waals surface area contributed by atoms with Crippen molar-refractivity contribution in [2.75, 3.05) is 13.1 Å². The van der Waals surface area contributed by atoms with Gasteiger partial charge in [0, 0.05) is 0 Å². The summed E-state index contributed by atoms with van der Waals surface area (Å²) in [5.74, 6) is 0. The van der Waals surface area contributed by atoms with Gasteiger partial charge in [-0.25, -0.2) is 0 Å². The SMILES string of the molecule is O[C@@H]1CN[NH2+]C1. The smallest absolute Gasteiger partial charge is 0.122 e. The number of aliphatic hydroxyl groups is 1. The Balaban J connectivity index is 2.18. The number of β-amino-alcohol motifs (C(OH)–C–C–N with tert-alkyl or cyclic N) is 1. The van der Waals surface area contributed by atoms with E-state index in [0.29, 0.717) is 0 Å². The highest BCUT2D eigenvalue weighted by Gasteiger charge is 2.11. The molecule has 0 aromatic rings. The van der Waals surface area contributed by atoms with Crippen LogP contribution in [-0.4, -0.2) is 24.3 Å². The van der Waals surface area contributed by atoms with E-state index in [2.05, 4.69) is 5.43 Å². The molecule has 1 aliphatic rings.